The molecule has 1 aliphatic heterocycles. The standard InChI is InChI=1S/C9H18N2O2S.ClH/c1-6(5-14-2)11-9(13)8-3-7(12)4-10-8;/h6-8,10,12H,3-5H2,1-2H3,(H,11,13);1H/t6?,7-,8+;/m0./s1. The van der Waals surface area contributed by atoms with Crippen molar-refractivity contribution in [3.05, 3.63) is 0 Å². The zero-order chi connectivity index (χ0) is 10.6. The van der Waals surface area contributed by atoms with Gasteiger partial charge in [0.25, 0.3) is 0 Å². The van der Waals surface area contributed by atoms with Gasteiger partial charge in [0.05, 0.1) is 12.1 Å². The SMILES string of the molecule is CSCC(C)NC(=O)[C@H]1C[C@H](O)CN1.Cl. The quantitative estimate of drug-likeness (QED) is 0.661. The van der Waals surface area contributed by atoms with Crippen molar-refractivity contribution in [1.82, 2.24) is 10.6 Å². The molecule has 1 aliphatic rings. The maximum absolute atomic E-state index is 11.6. The molecule has 1 amide bonds. The van der Waals surface area contributed by atoms with Crippen LogP contribution in [-0.2, 0) is 4.79 Å². The van der Waals surface area contributed by atoms with E-state index in [4.69, 9.17) is 0 Å². The Morgan fingerprint density at radius 3 is 2.87 bits per heavy atom. The summed E-state index contributed by atoms with van der Waals surface area (Å²) in [6, 6.07) is -0.0219. The van der Waals surface area contributed by atoms with Gasteiger partial charge in [-0.05, 0) is 19.6 Å². The van der Waals surface area contributed by atoms with E-state index in [1.54, 1.807) is 11.8 Å². The van der Waals surface area contributed by atoms with Gasteiger partial charge < -0.3 is 15.7 Å². The fourth-order valence-corrected chi connectivity index (χ4v) is 2.14. The van der Waals surface area contributed by atoms with Crippen LogP contribution in [0.5, 0.6) is 0 Å². The Morgan fingerprint density at radius 1 is 1.73 bits per heavy atom. The lowest BCUT2D eigenvalue weighted by Gasteiger charge is -2.16. The van der Waals surface area contributed by atoms with Crippen molar-refractivity contribution in [1.29, 1.82) is 0 Å². The van der Waals surface area contributed by atoms with E-state index in [0.29, 0.717) is 13.0 Å². The Balaban J connectivity index is 0.00000196. The molecular formula is C9H19ClN2O2S. The predicted octanol–water partition coefficient (Wildman–Crippen LogP) is -0.00130. The van der Waals surface area contributed by atoms with Crippen molar-refractivity contribution in [2.24, 2.45) is 0 Å². The molecule has 3 atom stereocenters. The predicted molar refractivity (Wildman–Crippen MR) is 65.6 cm³/mol. The van der Waals surface area contributed by atoms with Crippen LogP contribution >= 0.6 is 24.2 Å². The van der Waals surface area contributed by atoms with E-state index >= 15 is 0 Å². The van der Waals surface area contributed by atoms with Crippen molar-refractivity contribution >= 4 is 30.1 Å². The van der Waals surface area contributed by atoms with Gasteiger partial charge in [-0.3, -0.25) is 4.79 Å². The van der Waals surface area contributed by atoms with Crippen molar-refractivity contribution in [2.45, 2.75) is 31.5 Å². The lowest BCUT2D eigenvalue weighted by Crippen LogP contribution is -2.44. The fourth-order valence-electron chi connectivity index (χ4n) is 1.55. The van der Waals surface area contributed by atoms with Gasteiger partial charge in [-0.2, -0.15) is 11.8 Å². The molecule has 1 saturated heterocycles. The third-order valence-corrected chi connectivity index (χ3v) is 3.06. The van der Waals surface area contributed by atoms with Crippen LogP contribution in [0.4, 0.5) is 0 Å². The van der Waals surface area contributed by atoms with Crippen LogP contribution in [0.15, 0.2) is 0 Å². The highest BCUT2D eigenvalue weighted by atomic mass is 35.5. The minimum Gasteiger partial charge on any atom is -0.392 e. The number of amides is 1. The van der Waals surface area contributed by atoms with E-state index in [2.05, 4.69) is 10.6 Å². The van der Waals surface area contributed by atoms with Gasteiger partial charge in [0.2, 0.25) is 5.91 Å². The lowest BCUT2D eigenvalue weighted by molar-refractivity contribution is -0.123. The summed E-state index contributed by atoms with van der Waals surface area (Å²) >= 11 is 1.71. The van der Waals surface area contributed by atoms with Crippen LogP contribution in [0.2, 0.25) is 0 Å². The van der Waals surface area contributed by atoms with Crippen LogP contribution in [-0.4, -0.2) is 47.8 Å². The monoisotopic (exact) mass is 254 g/mol. The summed E-state index contributed by atoms with van der Waals surface area (Å²) in [5.74, 6) is 0.921. The molecule has 0 spiro atoms. The summed E-state index contributed by atoms with van der Waals surface area (Å²) in [6.07, 6.45) is 2.17. The molecule has 3 N–H and O–H groups in total. The summed E-state index contributed by atoms with van der Waals surface area (Å²) in [4.78, 5) is 11.6. The first-order valence-corrected chi connectivity index (χ1v) is 6.23. The second-order valence-corrected chi connectivity index (χ2v) is 4.63. The minimum absolute atomic E-state index is 0. The molecule has 1 heterocycles. The molecule has 0 saturated carbocycles. The molecule has 0 radical (unpaired) electrons. The van der Waals surface area contributed by atoms with E-state index in [1.807, 2.05) is 13.2 Å². The Morgan fingerprint density at radius 2 is 2.40 bits per heavy atom. The van der Waals surface area contributed by atoms with Gasteiger partial charge in [-0.25, -0.2) is 0 Å². The molecule has 4 nitrogen and oxygen atoms in total. The molecule has 90 valence electrons. The average Bonchev–Trinajstić information content (AvgIpc) is 2.52. The number of thioether (sulfide) groups is 1. The first-order valence-electron chi connectivity index (χ1n) is 4.84. The normalized spacial score (nSPS) is 26.9. The third kappa shape index (κ3) is 5.06. The fraction of sp³-hybridized carbons (Fsp3) is 0.889. The molecular weight excluding hydrogens is 236 g/mol. The van der Waals surface area contributed by atoms with E-state index in [9.17, 15) is 9.90 Å². The molecule has 1 unspecified atom stereocenters. The number of rotatable bonds is 4. The van der Waals surface area contributed by atoms with Gasteiger partial charge in [0, 0.05) is 18.3 Å². The number of hydrogen-bond donors (Lipinski definition) is 3. The lowest BCUT2D eigenvalue weighted by atomic mass is 10.2. The highest BCUT2D eigenvalue weighted by Gasteiger charge is 2.28. The summed E-state index contributed by atoms with van der Waals surface area (Å²) in [6.45, 7) is 2.51. The van der Waals surface area contributed by atoms with Gasteiger partial charge in [-0.1, -0.05) is 0 Å². The smallest absolute Gasteiger partial charge is 0.237 e. The first-order chi connectivity index (χ1) is 6.63. The first kappa shape index (κ1) is 15.0. The summed E-state index contributed by atoms with van der Waals surface area (Å²) in [7, 11) is 0. The van der Waals surface area contributed by atoms with Gasteiger partial charge in [0.1, 0.15) is 0 Å². The number of carbonyl (C=O) groups is 1. The van der Waals surface area contributed by atoms with Crippen LogP contribution < -0.4 is 10.6 Å². The minimum atomic E-state index is -0.374. The third-order valence-electron chi connectivity index (χ3n) is 2.23. The van der Waals surface area contributed by atoms with Crippen LogP contribution in [0, 0.1) is 0 Å². The maximum atomic E-state index is 11.6. The highest BCUT2D eigenvalue weighted by Crippen LogP contribution is 2.06. The van der Waals surface area contributed by atoms with E-state index in [-0.39, 0.29) is 36.5 Å². The molecule has 6 heteroatoms. The Kier molecular flexibility index (Phi) is 7.34. The zero-order valence-electron chi connectivity index (χ0n) is 9.03. The van der Waals surface area contributed by atoms with Crippen LogP contribution in [0.1, 0.15) is 13.3 Å². The number of nitrogens with one attached hydrogen (secondary N) is 2. The largest absolute Gasteiger partial charge is 0.392 e. The number of aliphatic hydroxyl groups is 1. The molecule has 15 heavy (non-hydrogen) atoms. The number of halogens is 1. The number of carbonyl (C=O) groups excluding carboxylic acids is 1. The van der Waals surface area contributed by atoms with E-state index in [0.717, 1.165) is 5.75 Å². The summed E-state index contributed by atoms with van der Waals surface area (Å²) in [5.41, 5.74) is 0. The zero-order valence-corrected chi connectivity index (χ0v) is 10.7. The van der Waals surface area contributed by atoms with Crippen molar-refractivity contribution in [3.8, 4) is 0 Å². The van der Waals surface area contributed by atoms with Crippen molar-refractivity contribution < 1.29 is 9.90 Å². The van der Waals surface area contributed by atoms with Crippen LogP contribution in [0.3, 0.4) is 0 Å². The molecule has 0 aromatic carbocycles. The van der Waals surface area contributed by atoms with Gasteiger partial charge in [-0.15, -0.1) is 12.4 Å². The molecule has 1 rings (SSSR count). The Labute approximate surface area is 101 Å². The highest BCUT2D eigenvalue weighted by molar-refractivity contribution is 7.98. The number of β-amino-alcohol motifs (C(OH)–C–C–N with tert-alkyl or cyclic N) is 1. The Bertz CT molecular complexity index is 207. The van der Waals surface area contributed by atoms with Crippen LogP contribution in [0.25, 0.3) is 0 Å². The molecule has 0 bridgehead atoms. The second kappa shape index (κ2) is 7.33. The molecule has 0 aromatic rings. The van der Waals surface area contributed by atoms with Crippen molar-refractivity contribution in [2.75, 3.05) is 18.6 Å². The Hall–Kier alpha value is 0.0300. The maximum Gasteiger partial charge on any atom is 0.237 e. The van der Waals surface area contributed by atoms with E-state index < -0.39 is 0 Å². The number of hydrogen-bond acceptors (Lipinski definition) is 4. The van der Waals surface area contributed by atoms with Gasteiger partial charge in [0.15, 0.2) is 0 Å². The molecule has 0 aliphatic carbocycles. The number of aliphatic hydroxyl groups excluding tert-OH is 1. The molecule has 0 aromatic heterocycles. The van der Waals surface area contributed by atoms with E-state index in [1.165, 1.54) is 0 Å². The van der Waals surface area contributed by atoms with Gasteiger partial charge >= 0.3 is 0 Å². The summed E-state index contributed by atoms with van der Waals surface area (Å²) < 4.78 is 0. The second-order valence-electron chi connectivity index (χ2n) is 3.72. The average molecular weight is 255 g/mol. The van der Waals surface area contributed by atoms with Crippen molar-refractivity contribution in [3.63, 3.8) is 0 Å². The molecule has 1 fully saturated rings. The summed E-state index contributed by atoms with van der Waals surface area (Å²) in [5, 5.41) is 15.1. The topological polar surface area (TPSA) is 61.4 Å².